The number of nitrogens with zero attached hydrogens (tertiary/aromatic N) is 2. The minimum Gasteiger partial charge on any atom is -0.295 e. The summed E-state index contributed by atoms with van der Waals surface area (Å²) in [7, 11) is 0. The summed E-state index contributed by atoms with van der Waals surface area (Å²) in [5, 5.41) is 9.22. The van der Waals surface area contributed by atoms with Gasteiger partial charge in [-0.25, -0.2) is 0 Å². The third kappa shape index (κ3) is 4.47. The third-order valence-corrected chi connectivity index (χ3v) is 3.89. The Hall–Kier alpha value is -3.08. The second-order valence-corrected chi connectivity index (χ2v) is 6.01. The van der Waals surface area contributed by atoms with Crippen molar-refractivity contribution in [3.05, 3.63) is 77.5 Å². The van der Waals surface area contributed by atoms with Gasteiger partial charge in [-0.1, -0.05) is 62.4 Å². The fraction of sp³-hybridized carbons (Fsp3) is 0.227. The van der Waals surface area contributed by atoms with Crippen LogP contribution in [-0.4, -0.2) is 5.91 Å². The first kappa shape index (κ1) is 18.3. The third-order valence-electron chi connectivity index (χ3n) is 3.89. The quantitative estimate of drug-likeness (QED) is 0.574. The molecule has 2 aromatic carbocycles. The summed E-state index contributed by atoms with van der Waals surface area (Å²) in [5.41, 5.74) is 6.93. The van der Waals surface area contributed by atoms with Gasteiger partial charge >= 0.3 is 5.91 Å². The van der Waals surface area contributed by atoms with Crippen molar-refractivity contribution in [2.75, 3.05) is 4.90 Å². The first-order chi connectivity index (χ1) is 12.1. The monoisotopic (exact) mass is 330 g/mol. The Morgan fingerprint density at radius 2 is 1.76 bits per heavy atom. The lowest BCUT2D eigenvalue weighted by Crippen LogP contribution is -2.30. The van der Waals surface area contributed by atoms with Gasteiger partial charge in [-0.2, -0.15) is 5.26 Å². The number of carbonyl (C=O) groups is 1. The van der Waals surface area contributed by atoms with E-state index in [9.17, 15) is 10.1 Å². The van der Waals surface area contributed by atoms with E-state index in [0.717, 1.165) is 22.4 Å². The fourth-order valence-corrected chi connectivity index (χ4v) is 2.74. The van der Waals surface area contributed by atoms with E-state index in [2.05, 4.69) is 19.6 Å². The molecule has 0 fully saturated rings. The lowest BCUT2D eigenvalue weighted by Gasteiger charge is -2.24. The Labute approximate surface area is 149 Å². The lowest BCUT2D eigenvalue weighted by molar-refractivity contribution is -0.113. The zero-order valence-corrected chi connectivity index (χ0v) is 14.9. The molecule has 2 aromatic rings. The second-order valence-electron chi connectivity index (χ2n) is 6.01. The number of anilines is 1. The molecule has 25 heavy (non-hydrogen) atoms. The van der Waals surface area contributed by atoms with Gasteiger partial charge < -0.3 is 0 Å². The summed E-state index contributed by atoms with van der Waals surface area (Å²) in [5.74, 6) is -0.326. The van der Waals surface area contributed by atoms with Crippen molar-refractivity contribution >= 4 is 17.2 Å². The van der Waals surface area contributed by atoms with Crippen LogP contribution in [0.2, 0.25) is 0 Å². The van der Waals surface area contributed by atoms with Gasteiger partial charge in [0.05, 0.1) is 12.2 Å². The molecule has 0 saturated carbocycles. The van der Waals surface area contributed by atoms with Crippen LogP contribution in [0.3, 0.4) is 0 Å². The van der Waals surface area contributed by atoms with E-state index in [1.165, 1.54) is 4.90 Å². The van der Waals surface area contributed by atoms with Crippen LogP contribution >= 0.6 is 0 Å². The molecule has 0 atom stereocenters. The summed E-state index contributed by atoms with van der Waals surface area (Å²) >= 11 is 0. The highest BCUT2D eigenvalue weighted by Gasteiger charge is 2.21. The fourth-order valence-electron chi connectivity index (χ4n) is 2.74. The highest BCUT2D eigenvalue weighted by molar-refractivity contribution is 6.05. The number of hydrogen-bond acceptors (Lipinski definition) is 2. The smallest absolute Gasteiger partial charge is 0.295 e. The summed E-state index contributed by atoms with van der Waals surface area (Å²) in [6.07, 6.45) is 1.87. The molecule has 0 unspecified atom stereocenters. The highest BCUT2D eigenvalue weighted by atomic mass is 16.2. The van der Waals surface area contributed by atoms with Gasteiger partial charge in [-0.3, -0.25) is 9.69 Å². The number of nitriles is 1. The largest absolute Gasteiger partial charge is 0.329 e. The van der Waals surface area contributed by atoms with Gasteiger partial charge in [0, 0.05) is 11.1 Å². The summed E-state index contributed by atoms with van der Waals surface area (Å²) in [6, 6.07) is 19.1. The summed E-state index contributed by atoms with van der Waals surface area (Å²) < 4.78 is 0. The number of hydrogen-bond donors (Lipinski definition) is 0. The van der Waals surface area contributed by atoms with E-state index in [4.69, 9.17) is 0 Å². The minimum absolute atomic E-state index is 0.244. The summed E-state index contributed by atoms with van der Waals surface area (Å²) in [4.78, 5) is 13.9. The molecule has 0 saturated heterocycles. The molecule has 0 radical (unpaired) electrons. The SMILES string of the molecule is CC=C=C(c1ccccc1N(Cc1ccccc1)C(=O)C#N)C(C)C. The predicted octanol–water partition coefficient (Wildman–Crippen LogP) is 4.96. The average molecular weight is 330 g/mol. The maximum atomic E-state index is 12.3. The van der Waals surface area contributed by atoms with E-state index in [1.54, 1.807) is 6.07 Å². The molecule has 126 valence electrons. The van der Waals surface area contributed by atoms with Crippen LogP contribution in [0.15, 0.2) is 66.4 Å². The Bertz CT molecular complexity index is 838. The van der Waals surface area contributed by atoms with Crippen molar-refractivity contribution in [2.24, 2.45) is 5.92 Å². The lowest BCUT2D eigenvalue weighted by atomic mass is 9.94. The molecule has 0 aromatic heterocycles. The molecular weight excluding hydrogens is 308 g/mol. The van der Waals surface area contributed by atoms with Crippen molar-refractivity contribution in [1.29, 1.82) is 5.26 Å². The van der Waals surface area contributed by atoms with Gasteiger partial charge in [-0.05, 0) is 30.5 Å². The van der Waals surface area contributed by atoms with Gasteiger partial charge in [-0.15, -0.1) is 5.73 Å². The normalized spacial score (nSPS) is 9.88. The number of allylic oxidation sites excluding steroid dienone is 1. The topological polar surface area (TPSA) is 44.1 Å². The van der Waals surface area contributed by atoms with E-state index >= 15 is 0 Å². The van der Waals surface area contributed by atoms with Crippen molar-refractivity contribution in [2.45, 2.75) is 27.3 Å². The molecule has 0 heterocycles. The van der Waals surface area contributed by atoms with Gasteiger partial charge in [0.15, 0.2) is 6.07 Å². The molecule has 0 aliphatic carbocycles. The molecule has 3 nitrogen and oxygen atoms in total. The van der Waals surface area contributed by atoms with Crippen LogP contribution in [0.1, 0.15) is 31.9 Å². The molecule has 2 rings (SSSR count). The van der Waals surface area contributed by atoms with Crippen molar-refractivity contribution in [3.8, 4) is 6.07 Å². The molecular formula is C22H22N2O. The zero-order chi connectivity index (χ0) is 18.2. The molecule has 0 aliphatic heterocycles. The van der Waals surface area contributed by atoms with Crippen LogP contribution in [0.4, 0.5) is 5.69 Å². The number of carbonyl (C=O) groups excluding carboxylic acids is 1. The number of benzene rings is 2. The van der Waals surface area contributed by atoms with E-state index in [-0.39, 0.29) is 5.92 Å². The first-order valence-electron chi connectivity index (χ1n) is 8.34. The summed E-state index contributed by atoms with van der Waals surface area (Å²) in [6.45, 7) is 6.46. The average Bonchev–Trinajstić information content (AvgIpc) is 2.64. The van der Waals surface area contributed by atoms with Crippen molar-refractivity contribution in [1.82, 2.24) is 0 Å². The van der Waals surface area contributed by atoms with Gasteiger partial charge in [0.2, 0.25) is 0 Å². The van der Waals surface area contributed by atoms with Gasteiger partial charge in [0.1, 0.15) is 0 Å². The Balaban J connectivity index is 2.57. The van der Waals surface area contributed by atoms with Crippen LogP contribution in [0, 0.1) is 17.2 Å². The molecule has 1 amide bonds. The van der Waals surface area contributed by atoms with Crippen molar-refractivity contribution < 1.29 is 4.79 Å². The molecule has 0 aliphatic rings. The van der Waals surface area contributed by atoms with Crippen molar-refractivity contribution in [3.63, 3.8) is 0 Å². The van der Waals surface area contributed by atoms with Crippen LogP contribution in [-0.2, 0) is 11.3 Å². The Kier molecular flexibility index (Phi) is 6.34. The highest BCUT2D eigenvalue weighted by Crippen LogP contribution is 2.32. The zero-order valence-electron chi connectivity index (χ0n) is 14.9. The molecule has 3 heteroatoms. The second kappa shape index (κ2) is 8.68. The van der Waals surface area contributed by atoms with Crippen LogP contribution < -0.4 is 4.90 Å². The van der Waals surface area contributed by atoms with E-state index < -0.39 is 5.91 Å². The van der Waals surface area contributed by atoms with E-state index in [0.29, 0.717) is 6.54 Å². The number of amides is 1. The molecule has 0 bridgehead atoms. The number of para-hydroxylation sites is 1. The van der Waals surface area contributed by atoms with Crippen LogP contribution in [0.25, 0.3) is 5.57 Å². The number of rotatable bonds is 5. The standard InChI is InChI=1S/C22H22N2O/c1-4-10-19(17(2)3)20-13-8-9-14-21(20)24(22(25)15-23)16-18-11-6-5-7-12-18/h4-9,11-14,17H,16H2,1-3H3. The molecule has 0 spiro atoms. The molecule has 0 N–H and O–H groups in total. The predicted molar refractivity (Wildman–Crippen MR) is 102 cm³/mol. The first-order valence-corrected chi connectivity index (χ1v) is 8.34. The van der Waals surface area contributed by atoms with Gasteiger partial charge in [0.25, 0.3) is 0 Å². The Morgan fingerprint density at radius 1 is 1.12 bits per heavy atom. The minimum atomic E-state index is -0.570. The van der Waals surface area contributed by atoms with E-state index in [1.807, 2.05) is 67.6 Å². The Morgan fingerprint density at radius 3 is 2.36 bits per heavy atom. The maximum absolute atomic E-state index is 12.3. The van der Waals surface area contributed by atoms with Crippen LogP contribution in [0.5, 0.6) is 0 Å². The maximum Gasteiger partial charge on any atom is 0.329 e.